The number of nitrogens with zero attached hydrogens (tertiary/aromatic N) is 2. The third-order valence-electron chi connectivity index (χ3n) is 3.15. The predicted octanol–water partition coefficient (Wildman–Crippen LogP) is 3.88. The van der Waals surface area contributed by atoms with E-state index in [0.29, 0.717) is 10.7 Å². The highest BCUT2D eigenvalue weighted by Gasteiger charge is 2.20. The van der Waals surface area contributed by atoms with E-state index in [0.717, 1.165) is 16.7 Å². The van der Waals surface area contributed by atoms with Gasteiger partial charge in [0.05, 0.1) is 5.69 Å². The first-order valence-corrected chi connectivity index (χ1v) is 7.19. The Balaban J connectivity index is 2.19. The van der Waals surface area contributed by atoms with E-state index in [9.17, 15) is 9.90 Å². The molecule has 0 aliphatic carbocycles. The largest absolute Gasteiger partial charge is 0.477 e. The lowest BCUT2D eigenvalue weighted by Gasteiger charge is -2.02. The highest BCUT2D eigenvalue weighted by Crippen LogP contribution is 2.34. The molecule has 1 aromatic carbocycles. The third-order valence-corrected chi connectivity index (χ3v) is 4.24. The minimum Gasteiger partial charge on any atom is -0.477 e. The second-order valence-electron chi connectivity index (χ2n) is 4.55. The molecule has 0 radical (unpaired) electrons. The van der Waals surface area contributed by atoms with Crippen LogP contribution in [-0.4, -0.2) is 21.0 Å². The summed E-state index contributed by atoms with van der Waals surface area (Å²) in [6, 6.07) is 11.3. The Bertz CT molecular complexity index is 797. The number of aromatic carboxylic acids is 1. The van der Waals surface area contributed by atoms with Gasteiger partial charge < -0.3 is 5.11 Å². The van der Waals surface area contributed by atoms with Gasteiger partial charge in [0.2, 0.25) is 0 Å². The van der Waals surface area contributed by atoms with Gasteiger partial charge >= 0.3 is 5.97 Å². The van der Waals surface area contributed by atoms with Crippen LogP contribution >= 0.6 is 11.3 Å². The van der Waals surface area contributed by atoms with Crippen molar-refractivity contribution in [1.82, 2.24) is 9.97 Å². The summed E-state index contributed by atoms with van der Waals surface area (Å²) in [5.41, 5.74) is 3.26. The van der Waals surface area contributed by atoms with Gasteiger partial charge in [-0.3, -0.25) is 4.98 Å². The van der Waals surface area contributed by atoms with Crippen molar-refractivity contribution in [2.75, 3.05) is 0 Å². The van der Waals surface area contributed by atoms with E-state index in [2.05, 4.69) is 9.97 Å². The second-order valence-corrected chi connectivity index (χ2v) is 5.55. The summed E-state index contributed by atoms with van der Waals surface area (Å²) >= 11 is 1.19. The Labute approximate surface area is 125 Å². The summed E-state index contributed by atoms with van der Waals surface area (Å²) < 4.78 is 0. The first-order valence-electron chi connectivity index (χ1n) is 6.37. The number of pyridine rings is 1. The summed E-state index contributed by atoms with van der Waals surface area (Å²) in [7, 11) is 0. The third kappa shape index (κ3) is 2.55. The molecule has 0 aliphatic heterocycles. The maximum Gasteiger partial charge on any atom is 0.348 e. The predicted molar refractivity (Wildman–Crippen MR) is 82.5 cm³/mol. The minimum atomic E-state index is -0.953. The quantitative estimate of drug-likeness (QED) is 0.796. The molecule has 0 bridgehead atoms. The maximum atomic E-state index is 11.5. The number of aryl methyl sites for hydroxylation is 1. The van der Waals surface area contributed by atoms with Gasteiger partial charge in [-0.05, 0) is 24.6 Å². The van der Waals surface area contributed by atoms with Gasteiger partial charge in [0.15, 0.2) is 0 Å². The number of aromatic nitrogens is 2. The van der Waals surface area contributed by atoms with Crippen LogP contribution in [0.2, 0.25) is 0 Å². The van der Waals surface area contributed by atoms with Gasteiger partial charge in [-0.2, -0.15) is 0 Å². The summed E-state index contributed by atoms with van der Waals surface area (Å²) in [5.74, 6) is -0.953. The van der Waals surface area contributed by atoms with Crippen LogP contribution in [0.5, 0.6) is 0 Å². The van der Waals surface area contributed by atoms with Crippen LogP contribution in [-0.2, 0) is 0 Å². The van der Waals surface area contributed by atoms with Gasteiger partial charge in [-0.25, -0.2) is 9.78 Å². The van der Waals surface area contributed by atoms with Crippen molar-refractivity contribution in [3.8, 4) is 21.8 Å². The van der Waals surface area contributed by atoms with E-state index in [-0.39, 0.29) is 4.88 Å². The van der Waals surface area contributed by atoms with Crippen molar-refractivity contribution >= 4 is 17.3 Å². The number of carbonyl (C=O) groups is 1. The summed E-state index contributed by atoms with van der Waals surface area (Å²) in [5, 5.41) is 10.1. The fraction of sp³-hybridized carbons (Fsp3) is 0.0625. The number of benzene rings is 1. The van der Waals surface area contributed by atoms with Crippen LogP contribution in [0.15, 0.2) is 48.8 Å². The van der Waals surface area contributed by atoms with Crippen molar-refractivity contribution in [3.05, 3.63) is 59.2 Å². The lowest BCUT2D eigenvalue weighted by Crippen LogP contribution is -1.96. The number of hydrogen-bond donors (Lipinski definition) is 1. The molecular formula is C16H12N2O2S. The molecule has 0 saturated heterocycles. The molecule has 0 atom stereocenters. The van der Waals surface area contributed by atoms with Crippen LogP contribution in [0, 0.1) is 6.92 Å². The van der Waals surface area contributed by atoms with Crippen molar-refractivity contribution in [2.24, 2.45) is 0 Å². The highest BCUT2D eigenvalue weighted by molar-refractivity contribution is 7.17. The highest BCUT2D eigenvalue weighted by atomic mass is 32.1. The molecule has 4 nitrogen and oxygen atoms in total. The van der Waals surface area contributed by atoms with Gasteiger partial charge in [0, 0.05) is 23.5 Å². The van der Waals surface area contributed by atoms with Crippen molar-refractivity contribution < 1.29 is 9.90 Å². The second kappa shape index (κ2) is 5.46. The Morgan fingerprint density at radius 1 is 1.14 bits per heavy atom. The Morgan fingerprint density at radius 2 is 1.86 bits per heavy atom. The molecule has 2 aromatic heterocycles. The minimum absolute atomic E-state index is 0.260. The maximum absolute atomic E-state index is 11.5. The molecule has 3 aromatic rings. The molecule has 3 rings (SSSR count). The number of rotatable bonds is 3. The first kappa shape index (κ1) is 13.5. The average molecular weight is 296 g/mol. The normalized spacial score (nSPS) is 10.5. The van der Waals surface area contributed by atoms with Crippen LogP contribution in [0.25, 0.3) is 21.8 Å². The zero-order valence-electron chi connectivity index (χ0n) is 11.3. The molecule has 0 fully saturated rings. The van der Waals surface area contributed by atoms with Crippen LogP contribution in [0.3, 0.4) is 0 Å². The van der Waals surface area contributed by atoms with E-state index >= 15 is 0 Å². The van der Waals surface area contributed by atoms with Gasteiger partial charge in [0.25, 0.3) is 0 Å². The van der Waals surface area contributed by atoms with Gasteiger partial charge in [-0.1, -0.05) is 24.3 Å². The zero-order valence-corrected chi connectivity index (χ0v) is 12.1. The van der Waals surface area contributed by atoms with Crippen molar-refractivity contribution in [2.45, 2.75) is 6.92 Å². The summed E-state index contributed by atoms with van der Waals surface area (Å²) in [6.45, 7) is 1.95. The lowest BCUT2D eigenvalue weighted by molar-refractivity contribution is 0.0702. The summed E-state index contributed by atoms with van der Waals surface area (Å²) in [4.78, 5) is 20.3. The molecule has 0 spiro atoms. The molecule has 104 valence electrons. The molecule has 21 heavy (non-hydrogen) atoms. The van der Waals surface area contributed by atoms with E-state index in [1.54, 1.807) is 12.4 Å². The lowest BCUT2D eigenvalue weighted by atomic mass is 10.1. The monoisotopic (exact) mass is 296 g/mol. The van der Waals surface area contributed by atoms with Crippen LogP contribution in [0.1, 0.15) is 15.2 Å². The van der Waals surface area contributed by atoms with Crippen LogP contribution in [0.4, 0.5) is 0 Å². The van der Waals surface area contributed by atoms with E-state index in [4.69, 9.17) is 0 Å². The SMILES string of the molecule is Cc1ccccc1-c1nc(-c2ccncc2)sc1C(=O)O. The van der Waals surface area contributed by atoms with Gasteiger partial charge in [0.1, 0.15) is 9.88 Å². The van der Waals surface area contributed by atoms with E-state index in [1.165, 1.54) is 11.3 Å². The molecule has 0 unspecified atom stereocenters. The molecule has 0 aliphatic rings. The Hall–Kier alpha value is -2.53. The molecule has 0 saturated carbocycles. The number of thiazole rings is 1. The fourth-order valence-electron chi connectivity index (χ4n) is 2.10. The number of carboxylic acids is 1. The molecule has 0 amide bonds. The smallest absolute Gasteiger partial charge is 0.348 e. The summed E-state index contributed by atoms with van der Waals surface area (Å²) in [6.07, 6.45) is 3.34. The molecule has 5 heteroatoms. The van der Waals surface area contributed by atoms with E-state index in [1.807, 2.05) is 43.3 Å². The standard InChI is InChI=1S/C16H12N2O2S/c1-10-4-2-3-5-12(10)13-14(16(19)20)21-15(18-13)11-6-8-17-9-7-11/h2-9H,1H3,(H,19,20). The first-order chi connectivity index (χ1) is 10.2. The fourth-order valence-corrected chi connectivity index (χ4v) is 3.03. The molecule has 1 N–H and O–H groups in total. The molecule has 2 heterocycles. The Morgan fingerprint density at radius 3 is 2.52 bits per heavy atom. The Kier molecular flexibility index (Phi) is 3.50. The topological polar surface area (TPSA) is 63.1 Å². The molecular weight excluding hydrogens is 284 g/mol. The van der Waals surface area contributed by atoms with Gasteiger partial charge in [-0.15, -0.1) is 11.3 Å². The zero-order chi connectivity index (χ0) is 14.8. The van der Waals surface area contributed by atoms with Crippen molar-refractivity contribution in [1.29, 1.82) is 0 Å². The van der Waals surface area contributed by atoms with E-state index < -0.39 is 5.97 Å². The van der Waals surface area contributed by atoms with Crippen LogP contribution < -0.4 is 0 Å². The number of hydrogen-bond acceptors (Lipinski definition) is 4. The van der Waals surface area contributed by atoms with Crippen molar-refractivity contribution in [3.63, 3.8) is 0 Å². The average Bonchev–Trinajstić information content (AvgIpc) is 2.94. The number of carboxylic acid groups (broad SMARTS) is 1.